The van der Waals surface area contributed by atoms with E-state index in [1.54, 1.807) is 4.90 Å². The molecule has 2 atom stereocenters. The van der Waals surface area contributed by atoms with Crippen LogP contribution in [0.15, 0.2) is 24.3 Å². The molecular formula is C21H31N3O2. The highest BCUT2D eigenvalue weighted by Crippen LogP contribution is 2.29. The minimum atomic E-state index is -0.384. The number of hydrogen-bond acceptors (Lipinski definition) is 3. The molecule has 0 saturated carbocycles. The van der Waals surface area contributed by atoms with Gasteiger partial charge >= 0.3 is 0 Å². The van der Waals surface area contributed by atoms with Gasteiger partial charge in [-0.3, -0.25) is 14.5 Å². The van der Waals surface area contributed by atoms with Crippen LogP contribution in [0.2, 0.25) is 0 Å². The van der Waals surface area contributed by atoms with Crippen molar-refractivity contribution in [1.29, 1.82) is 0 Å². The second-order valence-corrected chi connectivity index (χ2v) is 7.73. The van der Waals surface area contributed by atoms with Gasteiger partial charge in [0.1, 0.15) is 6.04 Å². The van der Waals surface area contributed by atoms with Gasteiger partial charge in [0.05, 0.1) is 0 Å². The summed E-state index contributed by atoms with van der Waals surface area (Å²) in [6.07, 6.45) is 1.02. The van der Waals surface area contributed by atoms with E-state index in [0.29, 0.717) is 12.6 Å². The summed E-state index contributed by atoms with van der Waals surface area (Å²) in [5, 5.41) is 0. The number of nitrogens with zero attached hydrogens (tertiary/aromatic N) is 3. The maximum atomic E-state index is 13.3. The number of likely N-dealkylation sites (N-methyl/N-ethyl adjacent to an activating group) is 1. The molecule has 2 heterocycles. The summed E-state index contributed by atoms with van der Waals surface area (Å²) in [5.41, 5.74) is 1.77. The number of likely N-dealkylation sites (tertiary alicyclic amines) is 1. The Bertz CT molecular complexity index is 669. The summed E-state index contributed by atoms with van der Waals surface area (Å²) < 4.78 is 0. The van der Waals surface area contributed by atoms with E-state index in [4.69, 9.17) is 0 Å². The van der Waals surface area contributed by atoms with Crippen molar-refractivity contribution in [3.05, 3.63) is 35.4 Å². The summed E-state index contributed by atoms with van der Waals surface area (Å²) in [5.74, 6) is 0.191. The minimum Gasteiger partial charge on any atom is -0.339 e. The number of carbonyl (C=O) groups is 2. The van der Waals surface area contributed by atoms with Gasteiger partial charge in [-0.1, -0.05) is 45.9 Å². The third kappa shape index (κ3) is 3.37. The van der Waals surface area contributed by atoms with Crippen molar-refractivity contribution in [1.82, 2.24) is 14.7 Å². The lowest BCUT2D eigenvalue weighted by Crippen LogP contribution is -2.51. The van der Waals surface area contributed by atoms with Crippen LogP contribution >= 0.6 is 0 Å². The van der Waals surface area contributed by atoms with Crippen molar-refractivity contribution in [2.75, 3.05) is 26.2 Å². The molecule has 142 valence electrons. The molecule has 0 N–H and O–H groups in total. The Labute approximate surface area is 156 Å². The number of benzene rings is 1. The molecule has 0 bridgehead atoms. The van der Waals surface area contributed by atoms with Crippen molar-refractivity contribution in [2.24, 2.45) is 5.92 Å². The third-order valence-corrected chi connectivity index (χ3v) is 5.87. The Balaban J connectivity index is 1.75. The van der Waals surface area contributed by atoms with Gasteiger partial charge in [0.15, 0.2) is 0 Å². The average Bonchev–Trinajstić information content (AvgIpc) is 3.23. The smallest absolute Gasteiger partial charge is 0.255 e. The van der Waals surface area contributed by atoms with Crippen molar-refractivity contribution < 1.29 is 9.59 Å². The standard InChI is InChI=1S/C21H31N3O2/c1-5-22(6-2)17-11-12-23(14-17)21(26)19(15(3)4)24-13-16-9-7-8-10-18(16)20(24)25/h7-10,15,17,19H,5-6,11-14H2,1-4H3/t17?,19-/m0/s1. The molecule has 0 radical (unpaired) electrons. The van der Waals surface area contributed by atoms with E-state index in [0.717, 1.165) is 43.7 Å². The van der Waals surface area contributed by atoms with E-state index in [9.17, 15) is 9.59 Å². The van der Waals surface area contributed by atoms with Gasteiger partial charge in [-0.05, 0) is 37.1 Å². The van der Waals surface area contributed by atoms with Crippen LogP contribution in [0.5, 0.6) is 0 Å². The highest BCUT2D eigenvalue weighted by Gasteiger charge is 2.41. The maximum absolute atomic E-state index is 13.3. The molecule has 0 spiro atoms. The number of hydrogen-bond donors (Lipinski definition) is 0. The number of rotatable bonds is 6. The highest BCUT2D eigenvalue weighted by atomic mass is 16.2. The zero-order chi connectivity index (χ0) is 18.8. The first-order valence-corrected chi connectivity index (χ1v) is 9.89. The van der Waals surface area contributed by atoms with Crippen molar-refractivity contribution in [3.8, 4) is 0 Å². The Kier molecular flexibility index (Phi) is 5.66. The van der Waals surface area contributed by atoms with Crippen molar-refractivity contribution in [2.45, 2.75) is 52.7 Å². The Morgan fingerprint density at radius 1 is 1.23 bits per heavy atom. The van der Waals surface area contributed by atoms with Gasteiger partial charge in [-0.2, -0.15) is 0 Å². The molecule has 5 heteroatoms. The predicted octanol–water partition coefficient (Wildman–Crippen LogP) is 2.61. The molecule has 0 aromatic heterocycles. The summed E-state index contributed by atoms with van der Waals surface area (Å²) in [7, 11) is 0. The lowest BCUT2D eigenvalue weighted by Gasteiger charge is -2.33. The number of amides is 2. The van der Waals surface area contributed by atoms with Crippen LogP contribution in [0.1, 0.15) is 50.0 Å². The summed E-state index contributed by atoms with van der Waals surface area (Å²) in [6.45, 7) is 12.5. The fraction of sp³-hybridized carbons (Fsp3) is 0.619. The van der Waals surface area contributed by atoms with Crippen LogP contribution in [-0.4, -0.2) is 64.8 Å². The topological polar surface area (TPSA) is 43.9 Å². The van der Waals surface area contributed by atoms with Gasteiger partial charge in [-0.25, -0.2) is 0 Å². The molecule has 3 rings (SSSR count). The van der Waals surface area contributed by atoms with Crippen molar-refractivity contribution in [3.63, 3.8) is 0 Å². The van der Waals surface area contributed by atoms with Gasteiger partial charge in [-0.15, -0.1) is 0 Å². The molecule has 1 saturated heterocycles. The summed E-state index contributed by atoms with van der Waals surface area (Å²) >= 11 is 0. The first kappa shape index (κ1) is 18.9. The van der Waals surface area contributed by atoms with E-state index in [1.165, 1.54) is 0 Å². The van der Waals surface area contributed by atoms with Crippen LogP contribution in [0, 0.1) is 5.92 Å². The SMILES string of the molecule is CCN(CC)C1CCN(C(=O)[C@H](C(C)C)N2Cc3ccccc3C2=O)C1. The Morgan fingerprint density at radius 3 is 2.54 bits per heavy atom. The van der Waals surface area contributed by atoms with Crippen LogP contribution < -0.4 is 0 Å². The Morgan fingerprint density at radius 2 is 1.92 bits per heavy atom. The fourth-order valence-electron chi connectivity index (χ4n) is 4.45. The fourth-order valence-corrected chi connectivity index (χ4v) is 4.45. The van der Waals surface area contributed by atoms with Crippen LogP contribution in [0.4, 0.5) is 0 Å². The summed E-state index contributed by atoms with van der Waals surface area (Å²) in [6, 6.07) is 7.75. The van der Waals surface area contributed by atoms with Gasteiger partial charge in [0.25, 0.3) is 5.91 Å². The van der Waals surface area contributed by atoms with Gasteiger partial charge < -0.3 is 9.80 Å². The molecule has 0 aliphatic carbocycles. The second kappa shape index (κ2) is 7.78. The van der Waals surface area contributed by atoms with E-state index in [2.05, 4.69) is 18.7 Å². The van der Waals surface area contributed by atoms with E-state index >= 15 is 0 Å². The molecule has 2 aliphatic rings. The molecule has 1 unspecified atom stereocenters. The molecule has 2 aliphatic heterocycles. The molecule has 26 heavy (non-hydrogen) atoms. The van der Waals surface area contributed by atoms with Crippen LogP contribution in [0.3, 0.4) is 0 Å². The van der Waals surface area contributed by atoms with Gasteiger partial charge in [0, 0.05) is 31.2 Å². The highest BCUT2D eigenvalue weighted by molar-refractivity contribution is 6.01. The second-order valence-electron chi connectivity index (χ2n) is 7.73. The molecule has 1 aromatic rings. The maximum Gasteiger partial charge on any atom is 0.255 e. The van der Waals surface area contributed by atoms with E-state index < -0.39 is 0 Å². The minimum absolute atomic E-state index is 0.00728. The summed E-state index contributed by atoms with van der Waals surface area (Å²) in [4.78, 5) is 32.4. The van der Waals surface area contributed by atoms with E-state index in [-0.39, 0.29) is 23.8 Å². The Hall–Kier alpha value is -1.88. The van der Waals surface area contributed by atoms with Crippen LogP contribution in [0.25, 0.3) is 0 Å². The molecule has 2 amide bonds. The van der Waals surface area contributed by atoms with Crippen molar-refractivity contribution >= 4 is 11.8 Å². The monoisotopic (exact) mass is 357 g/mol. The quantitative estimate of drug-likeness (QED) is 0.786. The predicted molar refractivity (Wildman–Crippen MR) is 103 cm³/mol. The molecule has 5 nitrogen and oxygen atoms in total. The van der Waals surface area contributed by atoms with Crippen LogP contribution in [-0.2, 0) is 11.3 Å². The number of fused-ring (bicyclic) bond motifs is 1. The molecule has 1 aromatic carbocycles. The zero-order valence-electron chi connectivity index (χ0n) is 16.4. The largest absolute Gasteiger partial charge is 0.339 e. The lowest BCUT2D eigenvalue weighted by atomic mass is 10.0. The third-order valence-electron chi connectivity index (χ3n) is 5.87. The van der Waals surface area contributed by atoms with E-state index in [1.807, 2.05) is 43.0 Å². The first-order chi connectivity index (χ1) is 12.5. The first-order valence-electron chi connectivity index (χ1n) is 9.89. The zero-order valence-corrected chi connectivity index (χ0v) is 16.4. The van der Waals surface area contributed by atoms with Gasteiger partial charge in [0.2, 0.25) is 5.91 Å². The normalized spacial score (nSPS) is 21.0. The lowest BCUT2D eigenvalue weighted by molar-refractivity contribution is -0.136. The molecular weight excluding hydrogens is 326 g/mol. The number of carbonyl (C=O) groups excluding carboxylic acids is 2. The molecule has 1 fully saturated rings. The average molecular weight is 357 g/mol.